The van der Waals surface area contributed by atoms with E-state index in [4.69, 9.17) is 5.11 Å². The molecule has 0 bridgehead atoms. The number of aliphatic hydroxyl groups is 1. The van der Waals surface area contributed by atoms with Crippen molar-refractivity contribution >= 4 is 17.3 Å². The fourth-order valence-electron chi connectivity index (χ4n) is 1.86. The van der Waals surface area contributed by atoms with E-state index >= 15 is 0 Å². The van der Waals surface area contributed by atoms with Gasteiger partial charge in [-0.05, 0) is 19.3 Å². The number of hydrogen-bond acceptors (Lipinski definition) is 6. The van der Waals surface area contributed by atoms with Crippen LogP contribution in [-0.4, -0.2) is 34.7 Å². The fourth-order valence-corrected chi connectivity index (χ4v) is 1.86. The van der Waals surface area contributed by atoms with Crippen LogP contribution in [0.1, 0.15) is 39.0 Å². The van der Waals surface area contributed by atoms with E-state index in [1.54, 1.807) is 0 Å². The molecule has 0 fully saturated rings. The lowest BCUT2D eigenvalue weighted by Gasteiger charge is -2.09. The van der Waals surface area contributed by atoms with Gasteiger partial charge in [0.1, 0.15) is 11.6 Å². The first-order valence-electron chi connectivity index (χ1n) is 7.42. The Hall–Kier alpha value is -1.89. The minimum atomic E-state index is -0.411. The van der Waals surface area contributed by atoms with Crippen molar-refractivity contribution in [3.8, 4) is 0 Å². The molecule has 1 aromatic rings. The SMILES string of the molecule is CCCNc1cc([N+](=O)[O-])cc(NCCCCCCO)n1. The average Bonchev–Trinajstić information content (AvgIpc) is 2.48. The number of rotatable bonds is 11. The molecule has 7 heteroatoms. The highest BCUT2D eigenvalue weighted by Gasteiger charge is 2.10. The van der Waals surface area contributed by atoms with Gasteiger partial charge < -0.3 is 15.7 Å². The summed E-state index contributed by atoms with van der Waals surface area (Å²) >= 11 is 0. The number of unbranched alkanes of at least 4 members (excludes halogenated alkanes) is 3. The normalized spacial score (nSPS) is 10.4. The molecule has 21 heavy (non-hydrogen) atoms. The lowest BCUT2D eigenvalue weighted by atomic mass is 10.2. The van der Waals surface area contributed by atoms with Gasteiger partial charge in [0, 0.05) is 19.7 Å². The Labute approximate surface area is 124 Å². The zero-order chi connectivity index (χ0) is 15.5. The third kappa shape index (κ3) is 6.89. The molecule has 0 unspecified atom stereocenters. The second-order valence-electron chi connectivity index (χ2n) is 4.84. The van der Waals surface area contributed by atoms with E-state index in [-0.39, 0.29) is 12.3 Å². The van der Waals surface area contributed by atoms with Gasteiger partial charge in [-0.15, -0.1) is 0 Å². The van der Waals surface area contributed by atoms with Gasteiger partial charge in [0.15, 0.2) is 0 Å². The van der Waals surface area contributed by atoms with E-state index in [2.05, 4.69) is 15.6 Å². The van der Waals surface area contributed by atoms with Crippen molar-refractivity contribution in [3.63, 3.8) is 0 Å². The van der Waals surface area contributed by atoms with E-state index in [9.17, 15) is 10.1 Å². The summed E-state index contributed by atoms with van der Waals surface area (Å²) in [5, 5.41) is 25.8. The lowest BCUT2D eigenvalue weighted by Crippen LogP contribution is -2.08. The number of nitrogens with one attached hydrogen (secondary N) is 2. The van der Waals surface area contributed by atoms with Crippen LogP contribution in [0.4, 0.5) is 17.3 Å². The van der Waals surface area contributed by atoms with Crippen molar-refractivity contribution in [1.82, 2.24) is 4.98 Å². The summed E-state index contributed by atoms with van der Waals surface area (Å²) in [6.45, 7) is 3.70. The Morgan fingerprint density at radius 3 is 2.33 bits per heavy atom. The van der Waals surface area contributed by atoms with Gasteiger partial charge in [-0.2, -0.15) is 0 Å². The van der Waals surface area contributed by atoms with Crippen LogP contribution >= 0.6 is 0 Å². The van der Waals surface area contributed by atoms with Crippen molar-refractivity contribution in [2.24, 2.45) is 0 Å². The summed E-state index contributed by atoms with van der Waals surface area (Å²) in [6.07, 6.45) is 4.70. The van der Waals surface area contributed by atoms with Crippen LogP contribution in [0.2, 0.25) is 0 Å². The van der Waals surface area contributed by atoms with E-state index in [0.29, 0.717) is 18.2 Å². The maximum absolute atomic E-state index is 10.9. The first kappa shape index (κ1) is 17.2. The quantitative estimate of drug-likeness (QED) is 0.330. The van der Waals surface area contributed by atoms with E-state index in [1.165, 1.54) is 12.1 Å². The van der Waals surface area contributed by atoms with E-state index in [1.807, 2.05) is 6.92 Å². The van der Waals surface area contributed by atoms with Crippen LogP contribution in [0.15, 0.2) is 12.1 Å². The first-order chi connectivity index (χ1) is 10.2. The Morgan fingerprint density at radius 2 is 1.76 bits per heavy atom. The number of pyridine rings is 1. The molecular weight excluding hydrogens is 272 g/mol. The van der Waals surface area contributed by atoms with Gasteiger partial charge in [-0.3, -0.25) is 10.1 Å². The van der Waals surface area contributed by atoms with Crippen molar-refractivity contribution in [3.05, 3.63) is 22.2 Å². The molecule has 0 aromatic carbocycles. The van der Waals surface area contributed by atoms with Crippen LogP contribution in [-0.2, 0) is 0 Å². The lowest BCUT2D eigenvalue weighted by molar-refractivity contribution is -0.384. The molecule has 118 valence electrons. The molecule has 0 amide bonds. The number of aromatic nitrogens is 1. The molecule has 1 aromatic heterocycles. The van der Waals surface area contributed by atoms with E-state index in [0.717, 1.165) is 38.6 Å². The van der Waals surface area contributed by atoms with Crippen molar-refractivity contribution < 1.29 is 10.0 Å². The second kappa shape index (κ2) is 9.93. The molecule has 0 saturated heterocycles. The summed E-state index contributed by atoms with van der Waals surface area (Å²) in [7, 11) is 0. The molecule has 0 aliphatic rings. The summed E-state index contributed by atoms with van der Waals surface area (Å²) in [6, 6.07) is 2.90. The largest absolute Gasteiger partial charge is 0.396 e. The minimum absolute atomic E-state index is 0.0337. The Bertz CT molecular complexity index is 440. The van der Waals surface area contributed by atoms with Crippen molar-refractivity contribution in [2.45, 2.75) is 39.0 Å². The molecule has 1 rings (SSSR count). The van der Waals surface area contributed by atoms with Gasteiger partial charge in [0.05, 0.1) is 17.1 Å². The Balaban J connectivity index is 2.54. The number of hydrogen-bond donors (Lipinski definition) is 3. The summed E-state index contributed by atoms with van der Waals surface area (Å²) in [4.78, 5) is 14.8. The van der Waals surface area contributed by atoms with Crippen LogP contribution in [0.3, 0.4) is 0 Å². The first-order valence-corrected chi connectivity index (χ1v) is 7.42. The standard InChI is InChI=1S/C14H24N4O3/c1-2-7-15-13-10-12(18(20)21)11-14(17-13)16-8-5-3-4-6-9-19/h10-11,19H,2-9H2,1H3,(H2,15,16,17). The van der Waals surface area contributed by atoms with E-state index < -0.39 is 4.92 Å². The molecule has 0 atom stereocenters. The zero-order valence-electron chi connectivity index (χ0n) is 12.5. The second-order valence-corrected chi connectivity index (χ2v) is 4.84. The summed E-state index contributed by atoms with van der Waals surface area (Å²) in [5.74, 6) is 1.04. The van der Waals surface area contributed by atoms with Crippen LogP contribution in [0, 0.1) is 10.1 Å². The molecular formula is C14H24N4O3. The summed E-state index contributed by atoms with van der Waals surface area (Å²) in [5.41, 5.74) is 0.0337. The van der Waals surface area contributed by atoms with Gasteiger partial charge >= 0.3 is 0 Å². The highest BCUT2D eigenvalue weighted by molar-refractivity contribution is 5.54. The molecule has 3 N–H and O–H groups in total. The monoisotopic (exact) mass is 296 g/mol. The topological polar surface area (TPSA) is 100 Å². The molecule has 0 spiro atoms. The van der Waals surface area contributed by atoms with Crippen LogP contribution in [0.5, 0.6) is 0 Å². The van der Waals surface area contributed by atoms with Gasteiger partial charge in [-0.1, -0.05) is 19.8 Å². The highest BCUT2D eigenvalue weighted by atomic mass is 16.6. The maximum atomic E-state index is 10.9. The predicted molar refractivity (Wildman–Crippen MR) is 83.7 cm³/mol. The molecule has 0 aliphatic carbocycles. The van der Waals surface area contributed by atoms with Gasteiger partial charge in [0.2, 0.25) is 0 Å². The highest BCUT2D eigenvalue weighted by Crippen LogP contribution is 2.20. The number of aliphatic hydroxyl groups excluding tert-OH is 1. The molecule has 0 radical (unpaired) electrons. The number of anilines is 2. The third-order valence-electron chi connectivity index (χ3n) is 2.97. The maximum Gasteiger partial charge on any atom is 0.276 e. The predicted octanol–water partition coefficient (Wildman–Crippen LogP) is 2.78. The van der Waals surface area contributed by atoms with Gasteiger partial charge in [0.25, 0.3) is 5.69 Å². The summed E-state index contributed by atoms with van der Waals surface area (Å²) < 4.78 is 0. The number of nitrogens with zero attached hydrogens (tertiary/aromatic N) is 2. The zero-order valence-corrected chi connectivity index (χ0v) is 12.5. The van der Waals surface area contributed by atoms with Crippen molar-refractivity contribution in [1.29, 1.82) is 0 Å². The Morgan fingerprint density at radius 1 is 1.14 bits per heavy atom. The fraction of sp³-hybridized carbons (Fsp3) is 0.643. The molecule has 0 saturated carbocycles. The smallest absolute Gasteiger partial charge is 0.276 e. The third-order valence-corrected chi connectivity index (χ3v) is 2.97. The average molecular weight is 296 g/mol. The minimum Gasteiger partial charge on any atom is -0.396 e. The Kier molecular flexibility index (Phi) is 8.11. The molecule has 1 heterocycles. The van der Waals surface area contributed by atoms with Crippen LogP contribution in [0.25, 0.3) is 0 Å². The molecule has 0 aliphatic heterocycles. The van der Waals surface area contributed by atoms with Crippen LogP contribution < -0.4 is 10.6 Å². The van der Waals surface area contributed by atoms with Crippen molar-refractivity contribution in [2.75, 3.05) is 30.3 Å². The van der Waals surface area contributed by atoms with Gasteiger partial charge in [-0.25, -0.2) is 4.98 Å². The molecule has 7 nitrogen and oxygen atoms in total. The number of nitro groups is 1.